The quantitative estimate of drug-likeness (QED) is 0.568. The van der Waals surface area contributed by atoms with Gasteiger partial charge in [-0.25, -0.2) is 8.42 Å². The van der Waals surface area contributed by atoms with Gasteiger partial charge >= 0.3 is 0 Å². The minimum Gasteiger partial charge on any atom is -0.454 e. The van der Waals surface area contributed by atoms with E-state index in [9.17, 15) is 18.0 Å². The number of nitrogens with one attached hydrogen (secondary N) is 3. The summed E-state index contributed by atoms with van der Waals surface area (Å²) in [6.07, 6.45) is 0. The Bertz CT molecular complexity index is 1320. The van der Waals surface area contributed by atoms with Crippen LogP contribution in [0.15, 0.2) is 65.6 Å². The third-order valence-electron chi connectivity index (χ3n) is 4.62. The van der Waals surface area contributed by atoms with Crippen LogP contribution >= 0.6 is 0 Å². The summed E-state index contributed by atoms with van der Waals surface area (Å²) in [4.78, 5) is 23.9. The molecule has 0 unspecified atom stereocenters. The number of aryl methyl sites for hydroxylation is 1. The van der Waals surface area contributed by atoms with Crippen LogP contribution in [0.1, 0.15) is 22.8 Å². The lowest BCUT2D eigenvalue weighted by molar-refractivity contribution is -0.114. The van der Waals surface area contributed by atoms with Crippen LogP contribution in [0.25, 0.3) is 0 Å². The molecule has 0 saturated heterocycles. The number of rotatable bonds is 4. The Morgan fingerprint density at radius 3 is 2.45 bits per heavy atom. The molecule has 3 aromatic rings. The van der Waals surface area contributed by atoms with E-state index in [1.54, 1.807) is 43.3 Å². The highest BCUT2D eigenvalue weighted by Gasteiger charge is 2.23. The highest BCUT2D eigenvalue weighted by Crippen LogP contribution is 2.36. The van der Waals surface area contributed by atoms with Crippen molar-refractivity contribution in [3.05, 3.63) is 71.8 Å². The van der Waals surface area contributed by atoms with Crippen molar-refractivity contribution in [2.24, 2.45) is 0 Å². The lowest BCUT2D eigenvalue weighted by Gasteiger charge is -2.13. The maximum Gasteiger partial charge on any atom is 0.262 e. The van der Waals surface area contributed by atoms with Crippen molar-refractivity contribution in [2.75, 3.05) is 15.4 Å². The normalized spacial score (nSPS) is 12.5. The SMILES string of the molecule is CC(=O)Nc1ccc(S(=O)(=O)Nc2ccc3c(c2)C(=O)Nc2ccccc2O3)c(C)c1. The molecule has 4 rings (SSSR count). The number of para-hydroxylation sites is 2. The Labute approximate surface area is 179 Å². The van der Waals surface area contributed by atoms with Gasteiger partial charge in [0.15, 0.2) is 5.75 Å². The van der Waals surface area contributed by atoms with Gasteiger partial charge in [-0.05, 0) is 61.0 Å². The van der Waals surface area contributed by atoms with Crippen LogP contribution in [-0.4, -0.2) is 20.2 Å². The Kier molecular flexibility index (Phi) is 5.12. The molecule has 1 aliphatic rings. The number of sulfonamides is 1. The van der Waals surface area contributed by atoms with Crippen LogP contribution in [0.2, 0.25) is 0 Å². The number of fused-ring (bicyclic) bond motifs is 2. The van der Waals surface area contributed by atoms with E-state index in [1.165, 1.54) is 31.2 Å². The zero-order chi connectivity index (χ0) is 22.2. The first-order valence-corrected chi connectivity index (χ1v) is 10.8. The van der Waals surface area contributed by atoms with E-state index in [0.717, 1.165) is 0 Å². The van der Waals surface area contributed by atoms with Gasteiger partial charge in [0.25, 0.3) is 15.9 Å². The first kappa shape index (κ1) is 20.4. The summed E-state index contributed by atoms with van der Waals surface area (Å²) < 4.78 is 34.2. The van der Waals surface area contributed by atoms with E-state index < -0.39 is 15.9 Å². The third kappa shape index (κ3) is 4.22. The van der Waals surface area contributed by atoms with Gasteiger partial charge in [-0.3, -0.25) is 14.3 Å². The molecule has 8 nitrogen and oxygen atoms in total. The van der Waals surface area contributed by atoms with Gasteiger partial charge in [0.2, 0.25) is 5.91 Å². The van der Waals surface area contributed by atoms with Crippen LogP contribution in [0, 0.1) is 6.92 Å². The Hall–Kier alpha value is -3.85. The molecule has 3 aromatic carbocycles. The summed E-state index contributed by atoms with van der Waals surface area (Å²) in [5.74, 6) is 0.164. The Balaban J connectivity index is 1.63. The minimum atomic E-state index is -3.93. The molecule has 0 aliphatic carbocycles. The second-order valence-electron chi connectivity index (χ2n) is 7.03. The summed E-state index contributed by atoms with van der Waals surface area (Å²) in [6.45, 7) is 3.01. The van der Waals surface area contributed by atoms with E-state index in [4.69, 9.17) is 4.74 Å². The molecule has 158 valence electrons. The lowest BCUT2D eigenvalue weighted by Crippen LogP contribution is -2.16. The molecule has 0 bridgehead atoms. The molecule has 0 saturated carbocycles. The van der Waals surface area contributed by atoms with Gasteiger partial charge in [0.1, 0.15) is 5.75 Å². The van der Waals surface area contributed by atoms with Gasteiger partial charge in [-0.2, -0.15) is 0 Å². The van der Waals surface area contributed by atoms with Crippen molar-refractivity contribution < 1.29 is 22.7 Å². The average molecular weight is 437 g/mol. The van der Waals surface area contributed by atoms with E-state index in [0.29, 0.717) is 28.4 Å². The fourth-order valence-corrected chi connectivity index (χ4v) is 4.55. The maximum atomic E-state index is 12.9. The molecular weight excluding hydrogens is 418 g/mol. The molecule has 1 aliphatic heterocycles. The van der Waals surface area contributed by atoms with Crippen molar-refractivity contribution in [1.29, 1.82) is 0 Å². The average Bonchev–Trinajstić information content (AvgIpc) is 2.83. The highest BCUT2D eigenvalue weighted by atomic mass is 32.2. The first-order valence-electron chi connectivity index (χ1n) is 9.36. The number of anilines is 3. The predicted molar refractivity (Wildman–Crippen MR) is 117 cm³/mol. The molecular formula is C22H19N3O5S. The van der Waals surface area contributed by atoms with Crippen LogP contribution in [0.5, 0.6) is 11.5 Å². The summed E-state index contributed by atoms with van der Waals surface area (Å²) >= 11 is 0. The number of hydrogen-bond acceptors (Lipinski definition) is 5. The van der Waals surface area contributed by atoms with Gasteiger partial charge in [-0.1, -0.05) is 12.1 Å². The molecule has 2 amide bonds. The first-order chi connectivity index (χ1) is 14.7. The minimum absolute atomic E-state index is 0.0599. The summed E-state index contributed by atoms with van der Waals surface area (Å²) in [5, 5.41) is 5.37. The van der Waals surface area contributed by atoms with E-state index in [-0.39, 0.29) is 22.1 Å². The van der Waals surface area contributed by atoms with Crippen LogP contribution in [0.4, 0.5) is 17.1 Å². The molecule has 9 heteroatoms. The van der Waals surface area contributed by atoms with Crippen molar-refractivity contribution in [3.8, 4) is 11.5 Å². The highest BCUT2D eigenvalue weighted by molar-refractivity contribution is 7.92. The Morgan fingerprint density at radius 2 is 1.71 bits per heavy atom. The van der Waals surface area contributed by atoms with Crippen molar-refractivity contribution in [3.63, 3.8) is 0 Å². The number of hydrogen-bond donors (Lipinski definition) is 3. The molecule has 1 heterocycles. The number of carbonyl (C=O) groups is 2. The van der Waals surface area contributed by atoms with Crippen LogP contribution < -0.4 is 20.1 Å². The zero-order valence-corrected chi connectivity index (χ0v) is 17.5. The fraction of sp³-hybridized carbons (Fsp3) is 0.0909. The van der Waals surface area contributed by atoms with E-state index >= 15 is 0 Å². The Morgan fingerprint density at radius 1 is 0.968 bits per heavy atom. The summed E-state index contributed by atoms with van der Waals surface area (Å²) in [7, 11) is -3.93. The second-order valence-corrected chi connectivity index (χ2v) is 8.68. The van der Waals surface area contributed by atoms with Gasteiger partial charge in [-0.15, -0.1) is 0 Å². The molecule has 0 spiro atoms. The third-order valence-corrected chi connectivity index (χ3v) is 6.16. The van der Waals surface area contributed by atoms with Gasteiger partial charge in [0.05, 0.1) is 16.1 Å². The lowest BCUT2D eigenvalue weighted by atomic mass is 10.1. The van der Waals surface area contributed by atoms with Crippen LogP contribution in [0.3, 0.4) is 0 Å². The monoisotopic (exact) mass is 437 g/mol. The molecule has 3 N–H and O–H groups in total. The molecule has 0 atom stereocenters. The second kappa shape index (κ2) is 7.77. The number of carbonyl (C=O) groups excluding carboxylic acids is 2. The number of ether oxygens (including phenoxy) is 1. The standard InChI is InChI=1S/C22H19N3O5S/c1-13-11-15(23-14(2)26)8-10-21(13)31(28,29)25-16-7-9-19-17(12-16)22(27)24-18-5-3-4-6-20(18)30-19/h3-12,25H,1-2H3,(H,23,26)(H,24,27). The van der Waals surface area contributed by atoms with Crippen molar-refractivity contribution >= 4 is 38.9 Å². The summed E-state index contributed by atoms with van der Waals surface area (Å²) in [6, 6.07) is 16.0. The largest absolute Gasteiger partial charge is 0.454 e. The predicted octanol–water partition coefficient (Wildman–Crippen LogP) is 4.11. The molecule has 0 fully saturated rings. The molecule has 31 heavy (non-hydrogen) atoms. The topological polar surface area (TPSA) is 114 Å². The van der Waals surface area contributed by atoms with Gasteiger partial charge in [0, 0.05) is 18.3 Å². The van der Waals surface area contributed by atoms with Crippen molar-refractivity contribution in [2.45, 2.75) is 18.7 Å². The van der Waals surface area contributed by atoms with Gasteiger partial charge < -0.3 is 15.4 Å². The maximum absolute atomic E-state index is 12.9. The smallest absolute Gasteiger partial charge is 0.262 e. The zero-order valence-electron chi connectivity index (χ0n) is 16.7. The number of benzene rings is 3. The summed E-state index contributed by atoms with van der Waals surface area (Å²) in [5.41, 5.74) is 1.91. The number of amides is 2. The van der Waals surface area contributed by atoms with Crippen LogP contribution in [-0.2, 0) is 14.8 Å². The van der Waals surface area contributed by atoms with E-state index in [1.807, 2.05) is 0 Å². The van der Waals surface area contributed by atoms with E-state index in [2.05, 4.69) is 15.4 Å². The van der Waals surface area contributed by atoms with Crippen molar-refractivity contribution in [1.82, 2.24) is 0 Å². The molecule has 0 radical (unpaired) electrons. The molecule has 0 aromatic heterocycles. The fourth-order valence-electron chi connectivity index (χ4n) is 3.27.